The highest BCUT2D eigenvalue weighted by Crippen LogP contribution is 2.29. The molecule has 1 aromatic rings. The quantitative estimate of drug-likeness (QED) is 0.203. The summed E-state index contributed by atoms with van der Waals surface area (Å²) in [5.41, 5.74) is 4.23. The molecule has 31 heavy (non-hydrogen) atoms. The molecule has 0 aromatic carbocycles. The first kappa shape index (κ1) is 25.1. The van der Waals surface area contributed by atoms with Crippen LogP contribution in [0.15, 0.2) is 21.9 Å². The van der Waals surface area contributed by atoms with Gasteiger partial charge in [-0.3, -0.25) is 19.1 Å². The van der Waals surface area contributed by atoms with Gasteiger partial charge < -0.3 is 20.9 Å². The number of hydrogen-bond donors (Lipinski definition) is 5. The van der Waals surface area contributed by atoms with Crippen LogP contribution in [-0.4, -0.2) is 57.4 Å². The normalized spacial score (nSPS) is 21.5. The number of hydrogen-bond acceptors (Lipinski definition) is 8. The Hall–Kier alpha value is -2.21. The first-order valence-electron chi connectivity index (χ1n) is 9.93. The standard InChI is InChI=1S/C18H27N4O8P/c19-7-3-1-2-6-15(24)20-8-4-5-12-10-22(18(26)21-17(12)25)16-9-13(23)14(30-16)11-29-31(27)28/h4-5,10,13-14,16,23H,1-3,6-9,11,19H2,(H2-,20,21,24,25,26,27,28)/p+1/b5-4+. The second-order valence-electron chi connectivity index (χ2n) is 7.02. The Kier molecular flexibility index (Phi) is 10.2. The SMILES string of the molecule is NCCCCCC(=O)NC/C=C/c1cn(C2CC(O)C(CO[P+](=O)O)O2)c(=O)[nH]c1=O. The molecular weight excluding hydrogens is 431 g/mol. The Bertz CT molecular complexity index is 899. The van der Waals surface area contributed by atoms with Crippen molar-refractivity contribution in [3.8, 4) is 0 Å². The molecule has 172 valence electrons. The van der Waals surface area contributed by atoms with Gasteiger partial charge in [0.2, 0.25) is 5.91 Å². The van der Waals surface area contributed by atoms with E-state index in [1.165, 1.54) is 12.3 Å². The van der Waals surface area contributed by atoms with Crippen molar-refractivity contribution in [2.24, 2.45) is 5.73 Å². The molecule has 4 unspecified atom stereocenters. The van der Waals surface area contributed by atoms with Crippen LogP contribution in [-0.2, 0) is 18.6 Å². The molecule has 1 saturated heterocycles. The summed E-state index contributed by atoms with van der Waals surface area (Å²) in [5, 5.41) is 12.7. The summed E-state index contributed by atoms with van der Waals surface area (Å²) in [7, 11) is -2.84. The number of carbonyl (C=O) groups excluding carboxylic acids is 1. The van der Waals surface area contributed by atoms with E-state index >= 15 is 0 Å². The number of aliphatic hydroxyl groups excluding tert-OH is 1. The second-order valence-corrected chi connectivity index (χ2v) is 7.76. The number of nitrogens with zero attached hydrogens (tertiary/aromatic N) is 1. The van der Waals surface area contributed by atoms with Crippen molar-refractivity contribution in [1.29, 1.82) is 0 Å². The molecule has 0 radical (unpaired) electrons. The Balaban J connectivity index is 1.96. The highest BCUT2D eigenvalue weighted by molar-refractivity contribution is 7.32. The van der Waals surface area contributed by atoms with Crippen molar-refractivity contribution >= 4 is 20.2 Å². The van der Waals surface area contributed by atoms with Crippen LogP contribution >= 0.6 is 8.25 Å². The average molecular weight is 459 g/mol. The molecule has 4 atom stereocenters. The number of nitrogens with two attached hydrogens (primary N) is 1. The fourth-order valence-corrected chi connectivity index (χ4v) is 3.33. The predicted molar refractivity (Wildman–Crippen MR) is 111 cm³/mol. The topological polar surface area (TPSA) is 186 Å². The van der Waals surface area contributed by atoms with Gasteiger partial charge in [0.25, 0.3) is 5.56 Å². The third kappa shape index (κ3) is 8.09. The number of carbonyl (C=O) groups is 1. The van der Waals surface area contributed by atoms with Crippen LogP contribution in [0.3, 0.4) is 0 Å². The summed E-state index contributed by atoms with van der Waals surface area (Å²) in [6.07, 6.45) is 4.49. The summed E-state index contributed by atoms with van der Waals surface area (Å²) in [6, 6.07) is 0. The molecule has 12 nitrogen and oxygen atoms in total. The predicted octanol–water partition coefficient (Wildman–Crippen LogP) is -0.500. The Morgan fingerprint density at radius 2 is 2.19 bits per heavy atom. The van der Waals surface area contributed by atoms with Gasteiger partial charge in [-0.15, -0.1) is 9.42 Å². The summed E-state index contributed by atoms with van der Waals surface area (Å²) in [5.74, 6) is -0.105. The summed E-state index contributed by atoms with van der Waals surface area (Å²) in [4.78, 5) is 46.8. The van der Waals surface area contributed by atoms with Gasteiger partial charge >= 0.3 is 13.9 Å². The van der Waals surface area contributed by atoms with Crippen LogP contribution < -0.4 is 22.3 Å². The molecule has 0 spiro atoms. The van der Waals surface area contributed by atoms with Crippen molar-refractivity contribution in [3.05, 3.63) is 38.7 Å². The van der Waals surface area contributed by atoms with Crippen LogP contribution in [0, 0.1) is 0 Å². The minimum Gasteiger partial charge on any atom is -0.390 e. The number of amides is 1. The molecule has 1 amide bonds. The zero-order valence-corrected chi connectivity index (χ0v) is 17.8. The lowest BCUT2D eigenvalue weighted by Crippen LogP contribution is -2.33. The summed E-state index contributed by atoms with van der Waals surface area (Å²) >= 11 is 0. The maximum absolute atomic E-state index is 12.2. The van der Waals surface area contributed by atoms with Gasteiger partial charge in [-0.05, 0) is 19.4 Å². The molecule has 2 heterocycles. The van der Waals surface area contributed by atoms with Crippen molar-refractivity contribution in [2.75, 3.05) is 19.7 Å². The van der Waals surface area contributed by atoms with Gasteiger partial charge in [-0.1, -0.05) is 18.6 Å². The number of aliphatic hydroxyl groups is 1. The number of ether oxygens (including phenoxy) is 1. The van der Waals surface area contributed by atoms with Crippen LogP contribution in [0.25, 0.3) is 6.08 Å². The molecule has 0 saturated carbocycles. The third-order valence-corrected chi connectivity index (χ3v) is 5.05. The molecule has 0 aliphatic carbocycles. The van der Waals surface area contributed by atoms with E-state index < -0.39 is 37.9 Å². The van der Waals surface area contributed by atoms with Crippen LogP contribution in [0.1, 0.15) is 43.9 Å². The molecule has 13 heteroatoms. The van der Waals surface area contributed by atoms with Gasteiger partial charge in [0.15, 0.2) is 0 Å². The van der Waals surface area contributed by atoms with Gasteiger partial charge in [0.1, 0.15) is 18.9 Å². The molecule has 2 rings (SSSR count). The lowest BCUT2D eigenvalue weighted by molar-refractivity contribution is -0.121. The van der Waals surface area contributed by atoms with E-state index in [0.717, 1.165) is 23.8 Å². The number of aromatic nitrogens is 2. The maximum atomic E-state index is 12.2. The molecule has 1 aromatic heterocycles. The molecular formula is C18H28N4O8P+. The Morgan fingerprint density at radius 1 is 1.42 bits per heavy atom. The zero-order chi connectivity index (χ0) is 22.8. The van der Waals surface area contributed by atoms with Crippen molar-refractivity contribution in [2.45, 2.75) is 50.5 Å². The van der Waals surface area contributed by atoms with Gasteiger partial charge in [-0.2, -0.15) is 0 Å². The van der Waals surface area contributed by atoms with Gasteiger partial charge in [0, 0.05) is 30.1 Å². The van der Waals surface area contributed by atoms with E-state index in [1.54, 1.807) is 6.08 Å². The first-order chi connectivity index (χ1) is 14.8. The van der Waals surface area contributed by atoms with E-state index in [9.17, 15) is 24.1 Å². The second kappa shape index (κ2) is 12.6. The molecule has 1 aliphatic rings. The summed E-state index contributed by atoms with van der Waals surface area (Å²) in [6.45, 7) is 0.496. The molecule has 1 aliphatic heterocycles. The molecule has 0 bridgehead atoms. The fraction of sp³-hybridized carbons (Fsp3) is 0.611. The van der Waals surface area contributed by atoms with E-state index in [2.05, 4.69) is 14.8 Å². The van der Waals surface area contributed by atoms with Gasteiger partial charge in [-0.25, -0.2) is 4.79 Å². The van der Waals surface area contributed by atoms with E-state index in [0.29, 0.717) is 13.0 Å². The van der Waals surface area contributed by atoms with Crippen molar-refractivity contribution in [3.63, 3.8) is 0 Å². The number of nitrogens with one attached hydrogen (secondary N) is 2. The lowest BCUT2D eigenvalue weighted by Gasteiger charge is -2.14. The summed E-state index contributed by atoms with van der Waals surface area (Å²) < 4.78 is 21.9. The fourth-order valence-electron chi connectivity index (χ4n) is 3.06. The van der Waals surface area contributed by atoms with Crippen LogP contribution in [0.4, 0.5) is 0 Å². The smallest absolute Gasteiger partial charge is 0.390 e. The lowest BCUT2D eigenvalue weighted by atomic mass is 10.2. The minimum absolute atomic E-state index is 0.0333. The zero-order valence-electron chi connectivity index (χ0n) is 16.9. The van der Waals surface area contributed by atoms with E-state index in [-0.39, 0.29) is 31.0 Å². The van der Waals surface area contributed by atoms with E-state index in [4.69, 9.17) is 15.4 Å². The number of unbranched alkanes of at least 4 members (excludes halogenated alkanes) is 2. The minimum atomic E-state index is -2.84. The van der Waals surface area contributed by atoms with E-state index in [1.807, 2.05) is 0 Å². The van der Waals surface area contributed by atoms with Crippen molar-refractivity contribution in [1.82, 2.24) is 14.9 Å². The average Bonchev–Trinajstić information content (AvgIpc) is 3.08. The maximum Gasteiger partial charge on any atom is 0.694 e. The third-order valence-electron chi connectivity index (χ3n) is 4.68. The number of rotatable bonds is 12. The van der Waals surface area contributed by atoms with Crippen LogP contribution in [0.2, 0.25) is 0 Å². The van der Waals surface area contributed by atoms with Gasteiger partial charge in [0.05, 0.1) is 11.7 Å². The van der Waals surface area contributed by atoms with Crippen molar-refractivity contribution < 1.29 is 28.6 Å². The Morgan fingerprint density at radius 3 is 2.90 bits per heavy atom. The first-order valence-corrected chi connectivity index (χ1v) is 11.1. The molecule has 1 fully saturated rings. The number of aromatic amines is 1. The highest BCUT2D eigenvalue weighted by atomic mass is 31.1. The largest absolute Gasteiger partial charge is 0.694 e. The monoisotopic (exact) mass is 459 g/mol. The Labute approximate surface area is 179 Å². The van der Waals surface area contributed by atoms with Crippen LogP contribution in [0.5, 0.6) is 0 Å². The highest BCUT2D eigenvalue weighted by Gasteiger charge is 2.37. The molecule has 6 N–H and O–H groups in total. The number of H-pyrrole nitrogens is 1.